The van der Waals surface area contributed by atoms with Gasteiger partial charge in [-0.2, -0.15) is 13.2 Å². The second-order valence-corrected chi connectivity index (χ2v) is 4.46. The van der Waals surface area contributed by atoms with Crippen LogP contribution in [0, 0.1) is 6.92 Å². The van der Waals surface area contributed by atoms with Crippen LogP contribution in [0.5, 0.6) is 0 Å². The summed E-state index contributed by atoms with van der Waals surface area (Å²) in [5.74, 6) is 0. The molecule has 0 saturated heterocycles. The molecule has 0 unspecified atom stereocenters. The Morgan fingerprint density at radius 1 is 1.23 bits per heavy atom. The number of benzene rings is 1. The topological polar surface area (TPSA) is 36.1 Å². The fourth-order valence-corrected chi connectivity index (χ4v) is 1.79. The minimum Gasteiger partial charge on any atom is -0.388 e. The van der Waals surface area contributed by atoms with E-state index in [1.54, 1.807) is 0 Å². The zero-order valence-electron chi connectivity index (χ0n) is 12.5. The summed E-state index contributed by atoms with van der Waals surface area (Å²) in [5, 5.41) is 8.23. The molecule has 0 bridgehead atoms. The molecule has 0 atom stereocenters. The van der Waals surface area contributed by atoms with Crippen LogP contribution in [0.25, 0.3) is 0 Å². The fourth-order valence-electron chi connectivity index (χ4n) is 1.79. The molecule has 0 saturated carbocycles. The van der Waals surface area contributed by atoms with E-state index in [1.807, 2.05) is 37.9 Å². The summed E-state index contributed by atoms with van der Waals surface area (Å²) >= 11 is 0. The highest BCUT2D eigenvalue weighted by molar-refractivity contribution is 5.60. The Hall–Kier alpha value is -2.55. The molecule has 0 aliphatic heterocycles. The first kappa shape index (κ1) is 17.5. The highest BCUT2D eigenvalue weighted by Crippen LogP contribution is 2.23. The standard InChI is InChI=1S/C16H18F3N3/c1-5-12(10-21-15(6-2)16(17,18)19)22-13-7-8-14(20-4)11(3)9-13/h7-9,20-22H,1-2,10H2,3-4H3. The molecule has 118 valence electrons. The van der Waals surface area contributed by atoms with Crippen molar-refractivity contribution in [3.63, 3.8) is 0 Å². The van der Waals surface area contributed by atoms with E-state index >= 15 is 0 Å². The number of anilines is 2. The minimum atomic E-state index is -4.51. The van der Waals surface area contributed by atoms with Gasteiger partial charge in [-0.25, -0.2) is 0 Å². The van der Waals surface area contributed by atoms with Crippen molar-refractivity contribution in [3.05, 3.63) is 59.8 Å². The molecule has 0 aliphatic carbocycles. The van der Waals surface area contributed by atoms with Gasteiger partial charge in [-0.3, -0.25) is 0 Å². The van der Waals surface area contributed by atoms with Crippen molar-refractivity contribution in [1.29, 1.82) is 0 Å². The van der Waals surface area contributed by atoms with Gasteiger partial charge in [-0.15, -0.1) is 5.73 Å². The number of hydrogen-bond donors (Lipinski definition) is 3. The van der Waals surface area contributed by atoms with Gasteiger partial charge in [0.25, 0.3) is 0 Å². The molecule has 0 spiro atoms. The minimum absolute atomic E-state index is 0.117. The summed E-state index contributed by atoms with van der Waals surface area (Å²) in [7, 11) is 1.81. The zero-order chi connectivity index (χ0) is 16.8. The van der Waals surface area contributed by atoms with Gasteiger partial charge in [-0.1, -0.05) is 18.9 Å². The summed E-state index contributed by atoms with van der Waals surface area (Å²) in [6.45, 7) is 8.31. The number of hydrogen-bond acceptors (Lipinski definition) is 3. The van der Waals surface area contributed by atoms with Crippen molar-refractivity contribution in [2.45, 2.75) is 13.1 Å². The van der Waals surface area contributed by atoms with E-state index in [9.17, 15) is 13.2 Å². The van der Waals surface area contributed by atoms with Crippen LogP contribution in [0.1, 0.15) is 5.56 Å². The second kappa shape index (κ2) is 7.46. The third-order valence-corrected chi connectivity index (χ3v) is 2.91. The molecule has 3 nitrogen and oxygen atoms in total. The zero-order valence-corrected chi connectivity index (χ0v) is 12.5. The average Bonchev–Trinajstić information content (AvgIpc) is 2.45. The van der Waals surface area contributed by atoms with E-state index in [1.165, 1.54) is 0 Å². The van der Waals surface area contributed by atoms with E-state index < -0.39 is 11.9 Å². The summed E-state index contributed by atoms with van der Waals surface area (Å²) in [5.41, 5.74) is 6.50. The Balaban J connectivity index is 2.77. The van der Waals surface area contributed by atoms with Crippen LogP contribution in [0.2, 0.25) is 0 Å². The second-order valence-electron chi connectivity index (χ2n) is 4.46. The molecule has 0 aliphatic rings. The van der Waals surface area contributed by atoms with Crippen LogP contribution in [0.15, 0.2) is 54.2 Å². The highest BCUT2D eigenvalue weighted by atomic mass is 19.4. The molecule has 3 N–H and O–H groups in total. The lowest BCUT2D eigenvalue weighted by Gasteiger charge is -2.15. The first-order valence-electron chi connectivity index (χ1n) is 6.47. The smallest absolute Gasteiger partial charge is 0.388 e. The monoisotopic (exact) mass is 309 g/mol. The van der Waals surface area contributed by atoms with E-state index in [2.05, 4.69) is 34.8 Å². The van der Waals surface area contributed by atoms with E-state index in [-0.39, 0.29) is 6.54 Å². The molecule has 0 aromatic heterocycles. The lowest BCUT2D eigenvalue weighted by atomic mass is 10.1. The third-order valence-electron chi connectivity index (χ3n) is 2.91. The lowest BCUT2D eigenvalue weighted by Crippen LogP contribution is -2.28. The van der Waals surface area contributed by atoms with Crippen molar-refractivity contribution in [2.75, 3.05) is 24.2 Å². The van der Waals surface area contributed by atoms with Crippen LogP contribution >= 0.6 is 0 Å². The Morgan fingerprint density at radius 2 is 1.91 bits per heavy atom. The van der Waals surface area contributed by atoms with Crippen LogP contribution < -0.4 is 16.0 Å². The quantitative estimate of drug-likeness (QED) is 0.697. The van der Waals surface area contributed by atoms with Gasteiger partial charge in [0.15, 0.2) is 5.70 Å². The first-order chi connectivity index (χ1) is 10.3. The molecule has 6 heteroatoms. The van der Waals surface area contributed by atoms with Crippen LogP contribution in [-0.4, -0.2) is 19.8 Å². The van der Waals surface area contributed by atoms with Gasteiger partial charge in [0.05, 0.1) is 12.2 Å². The number of allylic oxidation sites excluding steroid dienone is 1. The average molecular weight is 309 g/mol. The molecule has 0 radical (unpaired) electrons. The van der Waals surface area contributed by atoms with Crippen LogP contribution in [0.4, 0.5) is 24.5 Å². The van der Waals surface area contributed by atoms with E-state index in [0.717, 1.165) is 16.9 Å². The van der Waals surface area contributed by atoms with Gasteiger partial charge < -0.3 is 16.0 Å². The van der Waals surface area contributed by atoms with Crippen molar-refractivity contribution in [3.8, 4) is 0 Å². The van der Waals surface area contributed by atoms with E-state index in [0.29, 0.717) is 5.70 Å². The summed E-state index contributed by atoms with van der Waals surface area (Å²) in [4.78, 5) is 0. The van der Waals surface area contributed by atoms with Crippen LogP contribution in [0.3, 0.4) is 0 Å². The number of halogens is 3. The lowest BCUT2D eigenvalue weighted by molar-refractivity contribution is -0.0962. The molecule has 22 heavy (non-hydrogen) atoms. The Bertz CT molecular complexity index is 635. The van der Waals surface area contributed by atoms with Crippen molar-refractivity contribution >= 4 is 11.4 Å². The predicted octanol–water partition coefficient (Wildman–Crippen LogP) is 3.94. The van der Waals surface area contributed by atoms with Gasteiger partial charge in [0.2, 0.25) is 0 Å². The normalized spacial score (nSPS) is 10.2. The molecular formula is C16H18F3N3. The molecule has 1 rings (SSSR count). The Kier molecular flexibility index (Phi) is 5.93. The maximum atomic E-state index is 12.6. The van der Waals surface area contributed by atoms with Gasteiger partial charge in [0.1, 0.15) is 0 Å². The molecule has 0 heterocycles. The third kappa shape index (κ3) is 4.77. The summed E-state index contributed by atoms with van der Waals surface area (Å²) in [6.07, 6.45) is -4.51. The fraction of sp³-hybridized carbons (Fsp3) is 0.250. The Morgan fingerprint density at radius 3 is 2.36 bits per heavy atom. The summed E-state index contributed by atoms with van der Waals surface area (Å²) in [6, 6.07) is 5.55. The SMILES string of the molecule is C=C=C(CNC(=C=C)C(F)(F)F)Nc1ccc(NC)c(C)c1. The molecule has 1 aromatic carbocycles. The van der Waals surface area contributed by atoms with Crippen molar-refractivity contribution in [2.24, 2.45) is 0 Å². The molecule has 0 fully saturated rings. The molecule has 0 amide bonds. The van der Waals surface area contributed by atoms with Crippen molar-refractivity contribution < 1.29 is 13.2 Å². The Labute approximate surface area is 127 Å². The maximum Gasteiger partial charge on any atom is 0.438 e. The number of rotatable bonds is 6. The van der Waals surface area contributed by atoms with Gasteiger partial charge >= 0.3 is 6.18 Å². The summed E-state index contributed by atoms with van der Waals surface area (Å²) < 4.78 is 37.7. The van der Waals surface area contributed by atoms with Gasteiger partial charge in [-0.05, 0) is 30.7 Å². The highest BCUT2D eigenvalue weighted by Gasteiger charge is 2.33. The molecular weight excluding hydrogens is 291 g/mol. The first-order valence-corrected chi connectivity index (χ1v) is 6.47. The largest absolute Gasteiger partial charge is 0.438 e. The van der Waals surface area contributed by atoms with Crippen molar-refractivity contribution in [1.82, 2.24) is 5.32 Å². The number of aryl methyl sites for hydroxylation is 1. The van der Waals surface area contributed by atoms with Crippen LogP contribution in [-0.2, 0) is 0 Å². The molecule has 1 aromatic rings. The maximum absolute atomic E-state index is 12.6. The van der Waals surface area contributed by atoms with E-state index in [4.69, 9.17) is 0 Å². The van der Waals surface area contributed by atoms with Gasteiger partial charge in [0, 0.05) is 18.4 Å². The number of alkyl halides is 3. The predicted molar refractivity (Wildman–Crippen MR) is 83.7 cm³/mol. The number of nitrogens with one attached hydrogen (secondary N) is 3.